The number of ketones is 1. The van der Waals surface area contributed by atoms with Gasteiger partial charge in [0.25, 0.3) is 0 Å². The van der Waals surface area contributed by atoms with E-state index in [1.807, 2.05) is 24.3 Å². The highest BCUT2D eigenvalue weighted by atomic mass is 16.7. The average Bonchev–Trinajstić information content (AvgIpc) is 3.76. The quantitative estimate of drug-likeness (QED) is 0.257. The van der Waals surface area contributed by atoms with Gasteiger partial charge in [0, 0.05) is 36.2 Å². The molecule has 1 fully saturated rings. The van der Waals surface area contributed by atoms with Gasteiger partial charge in [0.05, 0.1) is 21.3 Å². The Morgan fingerprint density at radius 3 is 2.26 bits per heavy atom. The summed E-state index contributed by atoms with van der Waals surface area (Å²) in [5.41, 5.74) is 9.15. The first-order valence-corrected chi connectivity index (χ1v) is 14.3. The highest BCUT2D eigenvalue weighted by molar-refractivity contribution is 6.02. The lowest BCUT2D eigenvalue weighted by Crippen LogP contribution is -2.34. The molecular weight excluding hydrogens is 530 g/mol. The van der Waals surface area contributed by atoms with Crippen LogP contribution in [0.2, 0.25) is 0 Å². The van der Waals surface area contributed by atoms with Gasteiger partial charge in [-0.25, -0.2) is 0 Å². The van der Waals surface area contributed by atoms with Crippen LogP contribution in [0, 0.1) is 11.8 Å². The second-order valence-electron chi connectivity index (χ2n) is 11.4. The SMILES string of the molecule is COc1cc([C@@H]2c3cc4c(cc3C(=O)[C@H]3CN(c5ccc6c(c5)Cc5ccccc5-6)C[C@@H]23)OCO4)cc(OC)c1OC. The molecule has 4 aromatic rings. The third kappa shape index (κ3) is 3.62. The van der Waals surface area contributed by atoms with Crippen LogP contribution in [0.3, 0.4) is 0 Å². The lowest BCUT2D eigenvalue weighted by molar-refractivity contribution is 0.0878. The normalized spacial score (nSPS) is 21.0. The molecule has 2 aliphatic heterocycles. The zero-order valence-corrected chi connectivity index (χ0v) is 23.8. The number of fused-ring (bicyclic) bond motifs is 6. The van der Waals surface area contributed by atoms with Crippen molar-refractivity contribution in [3.8, 4) is 39.9 Å². The van der Waals surface area contributed by atoms with Crippen molar-refractivity contribution in [1.82, 2.24) is 0 Å². The lowest BCUT2D eigenvalue weighted by atomic mass is 9.67. The van der Waals surface area contributed by atoms with Crippen LogP contribution in [0.15, 0.2) is 66.7 Å². The van der Waals surface area contributed by atoms with E-state index in [0.29, 0.717) is 40.9 Å². The largest absolute Gasteiger partial charge is 0.493 e. The third-order valence-electron chi connectivity index (χ3n) is 9.46. The molecule has 0 amide bonds. The van der Waals surface area contributed by atoms with Gasteiger partial charge < -0.3 is 28.6 Å². The topological polar surface area (TPSA) is 66.5 Å². The monoisotopic (exact) mass is 561 g/mol. The van der Waals surface area contributed by atoms with Gasteiger partial charge >= 0.3 is 0 Å². The number of hydrogen-bond acceptors (Lipinski definition) is 7. The molecule has 0 aromatic heterocycles. The summed E-state index contributed by atoms with van der Waals surface area (Å²) in [6.07, 6.45) is 0.935. The molecular formula is C35H31NO6. The lowest BCUT2D eigenvalue weighted by Gasteiger charge is -2.35. The predicted molar refractivity (Wildman–Crippen MR) is 159 cm³/mol. The van der Waals surface area contributed by atoms with Crippen LogP contribution < -0.4 is 28.6 Å². The Morgan fingerprint density at radius 1 is 0.762 bits per heavy atom. The summed E-state index contributed by atoms with van der Waals surface area (Å²) in [7, 11) is 4.86. The maximum atomic E-state index is 14.1. The molecule has 212 valence electrons. The number of carbonyl (C=O) groups is 1. The number of methoxy groups -OCH3 is 3. The van der Waals surface area contributed by atoms with Crippen LogP contribution in [0.4, 0.5) is 5.69 Å². The number of nitrogens with zero attached hydrogens (tertiary/aromatic N) is 1. The van der Waals surface area contributed by atoms with Crippen LogP contribution in [0.5, 0.6) is 28.7 Å². The molecule has 1 saturated heterocycles. The van der Waals surface area contributed by atoms with Crippen molar-refractivity contribution in [3.05, 3.63) is 94.5 Å². The molecule has 2 aliphatic carbocycles. The molecule has 2 heterocycles. The Labute approximate surface area is 244 Å². The maximum absolute atomic E-state index is 14.1. The molecule has 4 aromatic carbocycles. The van der Waals surface area contributed by atoms with Gasteiger partial charge in [-0.2, -0.15) is 0 Å². The van der Waals surface area contributed by atoms with Crippen molar-refractivity contribution in [3.63, 3.8) is 0 Å². The van der Waals surface area contributed by atoms with Gasteiger partial charge in [-0.05, 0) is 82.1 Å². The van der Waals surface area contributed by atoms with E-state index in [1.165, 1.54) is 22.3 Å². The second kappa shape index (κ2) is 9.44. The highest BCUT2D eigenvalue weighted by Crippen LogP contribution is 2.53. The van der Waals surface area contributed by atoms with Gasteiger partial charge in [0.1, 0.15) is 0 Å². The van der Waals surface area contributed by atoms with Crippen molar-refractivity contribution in [2.75, 3.05) is 46.1 Å². The van der Waals surface area contributed by atoms with Crippen LogP contribution in [0.25, 0.3) is 11.1 Å². The number of benzene rings is 4. The Kier molecular flexibility index (Phi) is 5.64. The predicted octanol–water partition coefficient (Wildman–Crippen LogP) is 6.09. The minimum atomic E-state index is -0.174. The number of rotatable bonds is 5. The summed E-state index contributed by atoms with van der Waals surface area (Å²) in [6.45, 7) is 1.56. The molecule has 0 saturated carbocycles. The fourth-order valence-electron chi connectivity index (χ4n) is 7.55. The molecule has 0 spiro atoms. The van der Waals surface area contributed by atoms with E-state index in [4.69, 9.17) is 23.7 Å². The van der Waals surface area contributed by atoms with Gasteiger partial charge in [0.15, 0.2) is 28.8 Å². The van der Waals surface area contributed by atoms with Crippen molar-refractivity contribution >= 4 is 11.5 Å². The molecule has 0 radical (unpaired) electrons. The first-order chi connectivity index (χ1) is 20.6. The fraction of sp³-hybridized carbons (Fsp3) is 0.286. The fourth-order valence-corrected chi connectivity index (χ4v) is 7.55. The molecule has 0 bridgehead atoms. The zero-order valence-electron chi connectivity index (χ0n) is 23.8. The Balaban J connectivity index is 1.23. The Hall–Kier alpha value is -4.65. The minimum absolute atomic E-state index is 0.0404. The van der Waals surface area contributed by atoms with E-state index in [-0.39, 0.29) is 30.3 Å². The summed E-state index contributed by atoms with van der Waals surface area (Å²) in [4.78, 5) is 16.5. The zero-order chi connectivity index (χ0) is 28.5. The molecule has 3 atom stereocenters. The van der Waals surface area contributed by atoms with Gasteiger partial charge in [-0.1, -0.05) is 30.3 Å². The average molecular weight is 562 g/mol. The van der Waals surface area contributed by atoms with Gasteiger partial charge in [0.2, 0.25) is 12.5 Å². The smallest absolute Gasteiger partial charge is 0.231 e. The first-order valence-electron chi connectivity index (χ1n) is 14.3. The van der Waals surface area contributed by atoms with E-state index in [9.17, 15) is 4.79 Å². The van der Waals surface area contributed by atoms with Crippen LogP contribution >= 0.6 is 0 Å². The van der Waals surface area contributed by atoms with E-state index < -0.39 is 0 Å². The van der Waals surface area contributed by atoms with E-state index in [1.54, 1.807) is 21.3 Å². The summed E-state index contributed by atoms with van der Waals surface area (Å²) in [6, 6.07) is 23.3. The molecule has 0 N–H and O–H groups in total. The summed E-state index contributed by atoms with van der Waals surface area (Å²) in [5, 5.41) is 0. The Bertz CT molecular complexity index is 1740. The summed E-state index contributed by atoms with van der Waals surface area (Å²) >= 11 is 0. The number of carbonyl (C=O) groups excluding carboxylic acids is 1. The standard InChI is InChI=1S/C35H31NO6/c1-38-31-12-21(13-32(39-2)35(31)40-3)33-25-14-29-30(42-18-41-29)15-26(25)34(37)28-17-36(16-27(28)33)22-8-9-24-20(11-22)10-19-6-4-5-7-23(19)24/h4-9,11-15,27-28,33H,10,16-18H2,1-3H3/t27-,28+,33-/m1/s1. The summed E-state index contributed by atoms with van der Waals surface area (Å²) < 4.78 is 28.5. The van der Waals surface area contributed by atoms with Crippen molar-refractivity contribution in [2.45, 2.75) is 12.3 Å². The van der Waals surface area contributed by atoms with Crippen LogP contribution in [-0.2, 0) is 6.42 Å². The van der Waals surface area contributed by atoms with E-state index in [0.717, 1.165) is 29.8 Å². The molecule has 42 heavy (non-hydrogen) atoms. The van der Waals surface area contributed by atoms with Gasteiger partial charge in [-0.3, -0.25) is 4.79 Å². The Morgan fingerprint density at radius 2 is 1.50 bits per heavy atom. The number of hydrogen-bond donors (Lipinski definition) is 0. The first kappa shape index (κ1) is 25.1. The van der Waals surface area contributed by atoms with E-state index >= 15 is 0 Å². The number of anilines is 1. The minimum Gasteiger partial charge on any atom is -0.493 e. The molecule has 7 heteroatoms. The van der Waals surface area contributed by atoms with Crippen molar-refractivity contribution < 1.29 is 28.5 Å². The van der Waals surface area contributed by atoms with Crippen LogP contribution in [0.1, 0.15) is 38.5 Å². The van der Waals surface area contributed by atoms with Gasteiger partial charge in [-0.15, -0.1) is 0 Å². The van der Waals surface area contributed by atoms with Crippen molar-refractivity contribution in [2.24, 2.45) is 11.8 Å². The second-order valence-corrected chi connectivity index (χ2v) is 11.4. The number of Topliss-reactive ketones (excluding diaryl/α,β-unsaturated/α-hetero) is 1. The molecule has 0 unspecified atom stereocenters. The highest BCUT2D eigenvalue weighted by Gasteiger charge is 2.49. The third-order valence-corrected chi connectivity index (χ3v) is 9.46. The molecule has 8 rings (SSSR count). The number of ether oxygens (including phenoxy) is 5. The molecule has 7 nitrogen and oxygen atoms in total. The summed E-state index contributed by atoms with van der Waals surface area (Å²) in [5.74, 6) is 2.97. The van der Waals surface area contributed by atoms with Crippen molar-refractivity contribution in [1.29, 1.82) is 0 Å². The maximum Gasteiger partial charge on any atom is 0.231 e. The van der Waals surface area contributed by atoms with E-state index in [2.05, 4.69) is 47.4 Å². The molecule has 4 aliphatic rings. The van der Waals surface area contributed by atoms with Crippen LogP contribution in [-0.4, -0.2) is 47.0 Å².